The second kappa shape index (κ2) is 7.95. The molecule has 0 aliphatic carbocycles. The number of hydrogen-bond acceptors (Lipinski definition) is 5. The number of halogens is 1. The molecule has 0 saturated heterocycles. The van der Waals surface area contributed by atoms with Gasteiger partial charge < -0.3 is 14.2 Å². The summed E-state index contributed by atoms with van der Waals surface area (Å²) in [4.78, 5) is 23.7. The standard InChI is InChI=1S/C25H21ClN4O2S/c1-15-4-9-21(33-15)19-11-24(31)30(3)20-12-28-22(10-18(19)20)25(32,23-13-27-14-29(23)2)16-5-7-17(26)8-6-16/h4-14,32H,1-3H3. The second-order valence-corrected chi connectivity index (χ2v) is 9.78. The number of rotatable bonds is 4. The number of aliphatic hydroxyl groups is 1. The maximum absolute atomic E-state index is 12.7. The summed E-state index contributed by atoms with van der Waals surface area (Å²) in [6, 6.07) is 14.6. The first-order valence-electron chi connectivity index (χ1n) is 10.3. The Kier molecular flexibility index (Phi) is 5.20. The molecule has 0 spiro atoms. The van der Waals surface area contributed by atoms with Crippen molar-refractivity contribution >= 4 is 33.8 Å². The highest BCUT2D eigenvalue weighted by Crippen LogP contribution is 2.39. The second-order valence-electron chi connectivity index (χ2n) is 8.06. The van der Waals surface area contributed by atoms with Crippen LogP contribution in [0.15, 0.2) is 72.0 Å². The lowest BCUT2D eigenvalue weighted by Gasteiger charge is -2.29. The molecule has 5 rings (SSSR count). The summed E-state index contributed by atoms with van der Waals surface area (Å²) in [5.41, 5.74) is 1.41. The van der Waals surface area contributed by atoms with Gasteiger partial charge in [-0.15, -0.1) is 11.3 Å². The molecule has 5 aromatic rings. The van der Waals surface area contributed by atoms with Gasteiger partial charge in [0, 0.05) is 45.9 Å². The van der Waals surface area contributed by atoms with Crippen molar-refractivity contribution in [2.75, 3.05) is 0 Å². The van der Waals surface area contributed by atoms with Gasteiger partial charge in [0.25, 0.3) is 5.56 Å². The van der Waals surface area contributed by atoms with Crippen LogP contribution in [0.5, 0.6) is 0 Å². The summed E-state index contributed by atoms with van der Waals surface area (Å²) in [5.74, 6) is 0. The minimum atomic E-state index is -1.58. The minimum absolute atomic E-state index is 0.113. The molecule has 1 N–H and O–H groups in total. The van der Waals surface area contributed by atoms with Gasteiger partial charge in [-0.2, -0.15) is 0 Å². The number of aromatic nitrogens is 4. The van der Waals surface area contributed by atoms with E-state index in [1.807, 2.05) is 32.2 Å². The SMILES string of the molecule is Cc1ccc(-c2cc(=O)n(C)c3cnc(C(O)(c4ccc(Cl)cc4)c4cncn4C)cc23)s1. The zero-order chi connectivity index (χ0) is 23.3. The van der Waals surface area contributed by atoms with Crippen molar-refractivity contribution in [2.24, 2.45) is 14.1 Å². The fourth-order valence-corrected chi connectivity index (χ4v) is 5.18. The number of nitrogens with zero attached hydrogens (tertiary/aromatic N) is 4. The monoisotopic (exact) mass is 476 g/mol. The number of thiophene rings is 1. The molecule has 1 aromatic carbocycles. The number of imidazole rings is 1. The van der Waals surface area contributed by atoms with E-state index in [1.165, 1.54) is 0 Å². The summed E-state index contributed by atoms with van der Waals surface area (Å²) >= 11 is 7.74. The molecule has 0 aliphatic heterocycles. The third-order valence-electron chi connectivity index (χ3n) is 5.96. The van der Waals surface area contributed by atoms with Gasteiger partial charge >= 0.3 is 0 Å². The molecule has 0 fully saturated rings. The van der Waals surface area contributed by atoms with Crippen LogP contribution in [0.2, 0.25) is 5.02 Å². The summed E-state index contributed by atoms with van der Waals surface area (Å²) in [6.45, 7) is 2.03. The topological polar surface area (TPSA) is 72.9 Å². The van der Waals surface area contributed by atoms with Crippen molar-refractivity contribution in [2.45, 2.75) is 12.5 Å². The summed E-state index contributed by atoms with van der Waals surface area (Å²) < 4.78 is 3.34. The van der Waals surface area contributed by atoms with Gasteiger partial charge in [0.15, 0.2) is 5.60 Å². The number of hydrogen-bond donors (Lipinski definition) is 1. The molecule has 166 valence electrons. The van der Waals surface area contributed by atoms with Crippen LogP contribution in [0.25, 0.3) is 21.3 Å². The Balaban J connectivity index is 1.83. The van der Waals surface area contributed by atoms with E-state index in [0.717, 1.165) is 20.7 Å². The van der Waals surface area contributed by atoms with Crippen LogP contribution in [-0.2, 0) is 19.7 Å². The van der Waals surface area contributed by atoms with E-state index in [2.05, 4.69) is 9.97 Å². The lowest BCUT2D eigenvalue weighted by atomic mass is 9.86. The van der Waals surface area contributed by atoms with Crippen molar-refractivity contribution in [3.05, 3.63) is 104 Å². The summed E-state index contributed by atoms with van der Waals surface area (Å²) in [7, 11) is 3.55. The molecular formula is C25H21ClN4O2S. The first kappa shape index (κ1) is 21.6. The van der Waals surface area contributed by atoms with Gasteiger partial charge in [-0.25, -0.2) is 4.98 Å². The van der Waals surface area contributed by atoms with Gasteiger partial charge in [0.05, 0.1) is 35.6 Å². The molecule has 0 saturated carbocycles. The smallest absolute Gasteiger partial charge is 0.251 e. The maximum atomic E-state index is 12.7. The molecular weight excluding hydrogens is 456 g/mol. The fourth-order valence-electron chi connectivity index (χ4n) is 4.15. The molecule has 4 heterocycles. The van der Waals surface area contributed by atoms with Crippen molar-refractivity contribution in [1.29, 1.82) is 0 Å². The van der Waals surface area contributed by atoms with Crippen LogP contribution >= 0.6 is 22.9 Å². The zero-order valence-electron chi connectivity index (χ0n) is 18.3. The Hall–Kier alpha value is -3.26. The Morgan fingerprint density at radius 3 is 2.45 bits per heavy atom. The maximum Gasteiger partial charge on any atom is 0.251 e. The largest absolute Gasteiger partial charge is 0.373 e. The molecule has 1 atom stereocenters. The molecule has 8 heteroatoms. The van der Waals surface area contributed by atoms with Crippen molar-refractivity contribution in [3.63, 3.8) is 0 Å². The van der Waals surface area contributed by atoms with E-state index in [4.69, 9.17) is 11.6 Å². The normalized spacial score (nSPS) is 13.4. The molecule has 0 amide bonds. The summed E-state index contributed by atoms with van der Waals surface area (Å²) in [6.07, 6.45) is 4.92. The molecule has 33 heavy (non-hydrogen) atoms. The Morgan fingerprint density at radius 2 is 1.82 bits per heavy atom. The van der Waals surface area contributed by atoms with E-state index >= 15 is 0 Å². The lowest BCUT2D eigenvalue weighted by Crippen LogP contribution is -2.32. The number of benzene rings is 1. The quantitative estimate of drug-likeness (QED) is 0.410. The van der Waals surface area contributed by atoms with E-state index in [0.29, 0.717) is 27.5 Å². The van der Waals surface area contributed by atoms with Crippen molar-refractivity contribution in [3.8, 4) is 10.4 Å². The molecule has 1 unspecified atom stereocenters. The molecule has 6 nitrogen and oxygen atoms in total. The average Bonchev–Trinajstić information content (AvgIpc) is 3.44. The van der Waals surface area contributed by atoms with Crippen LogP contribution in [0.1, 0.15) is 21.8 Å². The molecule has 0 aliphatic rings. The van der Waals surface area contributed by atoms with E-state index in [9.17, 15) is 9.90 Å². The summed E-state index contributed by atoms with van der Waals surface area (Å²) in [5, 5.41) is 13.6. The molecule has 0 bridgehead atoms. The highest BCUT2D eigenvalue weighted by atomic mass is 35.5. The Labute approximate surface area is 199 Å². The van der Waals surface area contributed by atoms with Crippen LogP contribution in [-0.4, -0.2) is 24.2 Å². The van der Waals surface area contributed by atoms with Crippen LogP contribution in [0.3, 0.4) is 0 Å². The van der Waals surface area contributed by atoms with Crippen LogP contribution in [0.4, 0.5) is 0 Å². The predicted molar refractivity (Wildman–Crippen MR) is 132 cm³/mol. The van der Waals surface area contributed by atoms with Crippen molar-refractivity contribution < 1.29 is 5.11 Å². The van der Waals surface area contributed by atoms with Crippen LogP contribution in [0, 0.1) is 6.92 Å². The number of pyridine rings is 2. The van der Waals surface area contributed by atoms with Gasteiger partial charge in [-0.3, -0.25) is 9.78 Å². The Bertz CT molecular complexity index is 1550. The van der Waals surface area contributed by atoms with Gasteiger partial charge in [-0.1, -0.05) is 23.7 Å². The lowest BCUT2D eigenvalue weighted by molar-refractivity contribution is 0.113. The Morgan fingerprint density at radius 1 is 1.06 bits per heavy atom. The van der Waals surface area contributed by atoms with Gasteiger partial charge in [0.2, 0.25) is 0 Å². The first-order chi connectivity index (χ1) is 15.8. The minimum Gasteiger partial charge on any atom is -0.373 e. The highest BCUT2D eigenvalue weighted by molar-refractivity contribution is 7.15. The predicted octanol–water partition coefficient (Wildman–Crippen LogP) is 4.64. The number of fused-ring (bicyclic) bond motifs is 1. The zero-order valence-corrected chi connectivity index (χ0v) is 19.9. The van der Waals surface area contributed by atoms with Gasteiger partial charge in [0.1, 0.15) is 0 Å². The first-order valence-corrected chi connectivity index (χ1v) is 11.5. The van der Waals surface area contributed by atoms with E-state index in [-0.39, 0.29) is 5.56 Å². The highest BCUT2D eigenvalue weighted by Gasteiger charge is 2.38. The van der Waals surface area contributed by atoms with Crippen molar-refractivity contribution in [1.82, 2.24) is 19.1 Å². The molecule has 0 radical (unpaired) electrons. The number of aryl methyl sites for hydroxylation is 3. The van der Waals surface area contributed by atoms with E-state index in [1.54, 1.807) is 76.6 Å². The van der Waals surface area contributed by atoms with Gasteiger partial charge in [-0.05, 0) is 42.8 Å². The fraction of sp³-hybridized carbons (Fsp3) is 0.160. The van der Waals surface area contributed by atoms with Crippen LogP contribution < -0.4 is 5.56 Å². The average molecular weight is 477 g/mol. The molecule has 4 aromatic heterocycles. The third-order valence-corrected chi connectivity index (χ3v) is 7.24. The third kappa shape index (κ3) is 3.49. The van der Waals surface area contributed by atoms with E-state index < -0.39 is 5.60 Å².